The molecule has 0 radical (unpaired) electrons. The lowest BCUT2D eigenvalue weighted by Crippen LogP contribution is -2.30. The normalized spacial score (nSPS) is 13.0. The molecule has 1 atom stereocenters. The number of allylic oxidation sites excluding steroid dienone is 22. The van der Waals surface area contributed by atoms with E-state index in [0.29, 0.717) is 12.8 Å². The van der Waals surface area contributed by atoms with Gasteiger partial charge in [-0.05, 0) is 135 Å². The number of hydrogen-bond donors (Lipinski definition) is 0. The monoisotopic (exact) mass is 1120 g/mol. The van der Waals surface area contributed by atoms with Crippen molar-refractivity contribution in [3.63, 3.8) is 0 Å². The highest BCUT2D eigenvalue weighted by Crippen LogP contribution is 2.16. The second kappa shape index (κ2) is 68.1. The molecule has 0 N–H and O–H groups in total. The number of rotatable bonds is 60. The van der Waals surface area contributed by atoms with E-state index in [9.17, 15) is 14.4 Å². The Morgan fingerprint density at radius 1 is 0.259 bits per heavy atom. The minimum atomic E-state index is -0.806. The van der Waals surface area contributed by atoms with Crippen LogP contribution >= 0.6 is 0 Å². The van der Waals surface area contributed by atoms with Gasteiger partial charge in [0.1, 0.15) is 13.2 Å². The van der Waals surface area contributed by atoms with E-state index in [0.717, 1.165) is 148 Å². The Hall–Kier alpha value is -4.45. The molecule has 0 fully saturated rings. The topological polar surface area (TPSA) is 78.9 Å². The van der Waals surface area contributed by atoms with Crippen LogP contribution in [0.25, 0.3) is 0 Å². The standard InChI is InChI=1S/C75H124O6/c1-4-7-10-13-16-19-22-25-28-30-32-33-34-35-36-37-38-39-40-41-43-44-47-50-53-56-59-62-65-68-74(77)80-71-72(70-79-73(76)67-64-61-58-55-52-49-46-27-24-21-18-15-12-9-6-3)81-75(78)69-66-63-60-57-54-51-48-45-42-31-29-26-23-20-17-14-11-8-5-2/h7-8,10-11,16-21,25-29,32-33,42,45-46,51,54,72H,4-6,9,12-15,22-24,30-31,34-41,43-44,47-50,52-53,55-71H2,1-3H3/b10-7-,11-8-,19-16-,20-17-,21-18-,28-25-,29-26-,33-32-,45-42-,46-27-,54-51-. The first-order valence-electron chi connectivity index (χ1n) is 33.7. The number of carbonyl (C=O) groups excluding carboxylic acids is 3. The molecule has 0 aromatic carbocycles. The Balaban J connectivity index is 4.34. The highest BCUT2D eigenvalue weighted by molar-refractivity contribution is 5.71. The fourth-order valence-corrected chi connectivity index (χ4v) is 9.14. The van der Waals surface area contributed by atoms with E-state index >= 15 is 0 Å². The maximum atomic E-state index is 12.9. The van der Waals surface area contributed by atoms with Gasteiger partial charge < -0.3 is 14.2 Å². The maximum Gasteiger partial charge on any atom is 0.306 e. The highest BCUT2D eigenvalue weighted by atomic mass is 16.6. The molecule has 0 bridgehead atoms. The number of esters is 3. The second-order valence-electron chi connectivity index (χ2n) is 22.0. The van der Waals surface area contributed by atoms with Crippen LogP contribution < -0.4 is 0 Å². The van der Waals surface area contributed by atoms with Crippen molar-refractivity contribution in [1.29, 1.82) is 0 Å². The largest absolute Gasteiger partial charge is 0.462 e. The molecule has 0 aromatic heterocycles. The van der Waals surface area contributed by atoms with Crippen LogP contribution in [0.3, 0.4) is 0 Å². The van der Waals surface area contributed by atoms with Crippen LogP contribution in [0.15, 0.2) is 134 Å². The van der Waals surface area contributed by atoms with Crippen LogP contribution in [0.4, 0.5) is 0 Å². The van der Waals surface area contributed by atoms with Gasteiger partial charge in [-0.3, -0.25) is 14.4 Å². The summed E-state index contributed by atoms with van der Waals surface area (Å²) in [6.07, 6.45) is 96.1. The van der Waals surface area contributed by atoms with Crippen LogP contribution in [0.1, 0.15) is 303 Å². The van der Waals surface area contributed by atoms with Gasteiger partial charge in [-0.1, -0.05) is 283 Å². The molecule has 0 aliphatic carbocycles. The van der Waals surface area contributed by atoms with E-state index in [4.69, 9.17) is 14.2 Å². The van der Waals surface area contributed by atoms with E-state index < -0.39 is 6.10 Å². The molecule has 6 nitrogen and oxygen atoms in total. The third-order valence-corrected chi connectivity index (χ3v) is 14.1. The van der Waals surface area contributed by atoms with Crippen molar-refractivity contribution >= 4 is 17.9 Å². The predicted molar refractivity (Wildman–Crippen MR) is 353 cm³/mol. The molecule has 0 aliphatic heterocycles. The van der Waals surface area contributed by atoms with Gasteiger partial charge in [0, 0.05) is 19.3 Å². The molecule has 0 aliphatic rings. The first-order valence-corrected chi connectivity index (χ1v) is 33.7. The Bertz CT molecular complexity index is 1720. The summed E-state index contributed by atoms with van der Waals surface area (Å²) in [5, 5.41) is 0. The molecule has 0 aromatic rings. The van der Waals surface area contributed by atoms with Gasteiger partial charge in [-0.25, -0.2) is 0 Å². The van der Waals surface area contributed by atoms with Gasteiger partial charge in [0.15, 0.2) is 6.10 Å². The van der Waals surface area contributed by atoms with Gasteiger partial charge >= 0.3 is 17.9 Å². The first kappa shape index (κ1) is 76.5. The van der Waals surface area contributed by atoms with Gasteiger partial charge in [0.2, 0.25) is 0 Å². The van der Waals surface area contributed by atoms with Crippen LogP contribution in [0.5, 0.6) is 0 Å². The van der Waals surface area contributed by atoms with E-state index in [-0.39, 0.29) is 37.5 Å². The Kier molecular flexibility index (Phi) is 64.3. The lowest BCUT2D eigenvalue weighted by molar-refractivity contribution is -0.167. The third-order valence-electron chi connectivity index (χ3n) is 14.1. The Morgan fingerprint density at radius 2 is 0.481 bits per heavy atom. The quantitative estimate of drug-likeness (QED) is 0.0261. The summed E-state index contributed by atoms with van der Waals surface area (Å²) in [4.78, 5) is 38.4. The van der Waals surface area contributed by atoms with Crippen LogP contribution in [0, 0.1) is 0 Å². The minimum absolute atomic E-state index is 0.0978. The van der Waals surface area contributed by atoms with Gasteiger partial charge in [-0.2, -0.15) is 0 Å². The summed E-state index contributed by atoms with van der Waals surface area (Å²) < 4.78 is 16.9. The molecule has 0 saturated heterocycles. The summed E-state index contributed by atoms with van der Waals surface area (Å²) >= 11 is 0. The Labute approximate surface area is 500 Å². The Morgan fingerprint density at radius 3 is 0.765 bits per heavy atom. The van der Waals surface area contributed by atoms with Crippen molar-refractivity contribution < 1.29 is 28.6 Å². The molecule has 1 unspecified atom stereocenters. The summed E-state index contributed by atoms with van der Waals surface area (Å²) in [5.74, 6) is -0.939. The molecular weight excluding hydrogens is 997 g/mol. The molecule has 81 heavy (non-hydrogen) atoms. The lowest BCUT2D eigenvalue weighted by atomic mass is 10.0. The van der Waals surface area contributed by atoms with E-state index in [2.05, 4.69) is 154 Å². The average molecular weight is 1120 g/mol. The van der Waals surface area contributed by atoms with Crippen LogP contribution in [-0.2, 0) is 28.6 Å². The SMILES string of the molecule is CC/C=C\C/C=C\C/C=C\C/C=C\C/C=C\CCCCCC(=O)OC(COC(=O)CCCCCCC/C=C\C/C=C\CCCCC)COC(=O)CCCCCCCCCCCCCCCCCC/C=C\C/C=C\C/C=C\C/C=C\CC. The summed E-state index contributed by atoms with van der Waals surface area (Å²) in [7, 11) is 0. The fourth-order valence-electron chi connectivity index (χ4n) is 9.14. The van der Waals surface area contributed by atoms with Crippen molar-refractivity contribution in [1.82, 2.24) is 0 Å². The van der Waals surface area contributed by atoms with Crippen LogP contribution in [-0.4, -0.2) is 37.2 Å². The van der Waals surface area contributed by atoms with Crippen molar-refractivity contribution in [2.75, 3.05) is 13.2 Å². The molecule has 0 saturated carbocycles. The van der Waals surface area contributed by atoms with E-state index in [1.54, 1.807) is 0 Å². The molecule has 0 heterocycles. The number of hydrogen-bond acceptors (Lipinski definition) is 6. The zero-order chi connectivity index (χ0) is 58.5. The highest BCUT2D eigenvalue weighted by Gasteiger charge is 2.19. The number of ether oxygens (including phenoxy) is 3. The zero-order valence-corrected chi connectivity index (χ0v) is 52.8. The smallest absolute Gasteiger partial charge is 0.306 e. The zero-order valence-electron chi connectivity index (χ0n) is 52.8. The van der Waals surface area contributed by atoms with Gasteiger partial charge in [0.25, 0.3) is 0 Å². The minimum Gasteiger partial charge on any atom is -0.462 e. The molecule has 0 amide bonds. The van der Waals surface area contributed by atoms with Gasteiger partial charge in [-0.15, -0.1) is 0 Å². The van der Waals surface area contributed by atoms with E-state index in [1.165, 1.54) is 116 Å². The van der Waals surface area contributed by atoms with Crippen molar-refractivity contribution in [3.05, 3.63) is 134 Å². The molecule has 6 heteroatoms. The lowest BCUT2D eigenvalue weighted by Gasteiger charge is -2.18. The molecular formula is C75H124O6. The maximum absolute atomic E-state index is 12.9. The molecule has 460 valence electrons. The second-order valence-corrected chi connectivity index (χ2v) is 22.0. The molecule has 0 rings (SSSR count). The van der Waals surface area contributed by atoms with E-state index in [1.807, 2.05) is 0 Å². The summed E-state index contributed by atoms with van der Waals surface area (Å²) in [6, 6.07) is 0. The number of unbranched alkanes of at least 4 members (excludes halogenated alkanes) is 27. The third kappa shape index (κ3) is 66.2. The molecule has 0 spiro atoms. The van der Waals surface area contributed by atoms with Crippen molar-refractivity contribution in [3.8, 4) is 0 Å². The van der Waals surface area contributed by atoms with Gasteiger partial charge in [0.05, 0.1) is 0 Å². The number of carbonyl (C=O) groups is 3. The fraction of sp³-hybridized carbons (Fsp3) is 0.667. The predicted octanol–water partition coefficient (Wildman–Crippen LogP) is 23.3. The average Bonchev–Trinajstić information content (AvgIpc) is 3.47. The van der Waals surface area contributed by atoms with Crippen LogP contribution in [0.2, 0.25) is 0 Å². The summed E-state index contributed by atoms with van der Waals surface area (Å²) in [5.41, 5.74) is 0. The van der Waals surface area contributed by atoms with Crippen molar-refractivity contribution in [2.24, 2.45) is 0 Å². The summed E-state index contributed by atoms with van der Waals surface area (Å²) in [6.45, 7) is 6.37. The van der Waals surface area contributed by atoms with Crippen molar-refractivity contribution in [2.45, 2.75) is 309 Å². The first-order chi connectivity index (χ1) is 40.0.